The van der Waals surface area contributed by atoms with Gasteiger partial charge in [0.25, 0.3) is 0 Å². The van der Waals surface area contributed by atoms with Crippen molar-refractivity contribution in [3.63, 3.8) is 0 Å². The van der Waals surface area contributed by atoms with Crippen molar-refractivity contribution in [2.45, 2.75) is 70.0 Å². The minimum absolute atomic E-state index is 0.186. The van der Waals surface area contributed by atoms with Crippen molar-refractivity contribution >= 4 is 29.2 Å². The van der Waals surface area contributed by atoms with E-state index in [-0.39, 0.29) is 11.5 Å². The average Bonchev–Trinajstić information content (AvgIpc) is 2.90. The number of benzene rings is 2. The van der Waals surface area contributed by atoms with E-state index in [4.69, 9.17) is 16.3 Å². The molecule has 2 bridgehead atoms. The number of aliphatic carboxylic acids is 1. The minimum Gasteiger partial charge on any atom is -0.487 e. The number of nitrogens with zero attached hydrogens (tertiary/aromatic N) is 2. The molecule has 2 aliphatic heterocycles. The van der Waals surface area contributed by atoms with E-state index in [1.165, 1.54) is 10.5 Å². The van der Waals surface area contributed by atoms with E-state index in [0.717, 1.165) is 75.7 Å². The second-order valence-corrected chi connectivity index (χ2v) is 10.7. The molecule has 0 aromatic heterocycles. The van der Waals surface area contributed by atoms with E-state index in [1.807, 2.05) is 18.2 Å². The van der Waals surface area contributed by atoms with Crippen LogP contribution in [0.2, 0.25) is 5.02 Å². The second-order valence-electron chi connectivity index (χ2n) is 10.3. The number of carbonyl (C=O) groups excluding carboxylic acids is 1. The molecule has 0 saturated carbocycles. The SMILES string of the molecule is CN1CCCCCCCN2CCCCc3cc(Cl)ccc3COc3ccc(cc32)[C@](O)(C(=O)O)CC1=O. The van der Waals surface area contributed by atoms with Gasteiger partial charge < -0.3 is 24.7 Å². The zero-order valence-electron chi connectivity index (χ0n) is 21.5. The minimum atomic E-state index is -2.33. The van der Waals surface area contributed by atoms with Gasteiger partial charge in [-0.3, -0.25) is 4.79 Å². The maximum atomic E-state index is 12.9. The first-order valence-electron chi connectivity index (χ1n) is 13.3. The van der Waals surface area contributed by atoms with Crippen LogP contribution >= 0.6 is 11.6 Å². The molecule has 1 atom stereocenters. The van der Waals surface area contributed by atoms with E-state index in [2.05, 4.69) is 4.90 Å². The summed E-state index contributed by atoms with van der Waals surface area (Å²) >= 11 is 6.26. The Balaban J connectivity index is 1.75. The number of rotatable bonds is 1. The number of anilines is 1. The first-order valence-corrected chi connectivity index (χ1v) is 13.6. The molecule has 2 heterocycles. The van der Waals surface area contributed by atoms with Gasteiger partial charge in [0.05, 0.1) is 12.1 Å². The number of amides is 1. The lowest BCUT2D eigenvalue weighted by molar-refractivity contribution is -0.164. The number of aryl methyl sites for hydroxylation is 1. The van der Waals surface area contributed by atoms with Crippen molar-refractivity contribution in [2.24, 2.45) is 0 Å². The number of hydrogen-bond acceptors (Lipinski definition) is 5. The number of ether oxygens (including phenoxy) is 1. The predicted octanol–water partition coefficient (Wildman–Crippen LogP) is 5.15. The third-order valence-corrected chi connectivity index (χ3v) is 7.80. The monoisotopic (exact) mass is 528 g/mol. The van der Waals surface area contributed by atoms with Crippen LogP contribution in [0.3, 0.4) is 0 Å². The lowest BCUT2D eigenvalue weighted by Gasteiger charge is -2.30. The Morgan fingerprint density at radius 2 is 1.65 bits per heavy atom. The summed E-state index contributed by atoms with van der Waals surface area (Å²) in [7, 11) is 1.67. The number of carboxylic acid groups (broad SMARTS) is 1. The van der Waals surface area contributed by atoms with Crippen LogP contribution in [0.1, 0.15) is 68.1 Å². The fourth-order valence-corrected chi connectivity index (χ4v) is 5.39. The van der Waals surface area contributed by atoms with Crippen molar-refractivity contribution in [3.8, 4) is 5.75 Å². The normalized spacial score (nSPS) is 22.1. The standard InChI is InChI=1S/C29H37ClN2O5/c1-31-14-6-3-2-4-7-15-32-16-8-5-9-21-17-24(30)12-10-22(21)20-37-26-13-11-23(18-25(26)32)29(36,28(34)35)19-27(31)33/h10-13,17-18,36H,2-9,14-16,19-20H2,1H3,(H,34,35)/t29-/m0/s1. The molecular formula is C29H37ClN2O5. The van der Waals surface area contributed by atoms with E-state index >= 15 is 0 Å². The second kappa shape index (κ2) is 12.2. The number of aliphatic hydroxyl groups is 1. The molecule has 8 heteroatoms. The maximum Gasteiger partial charge on any atom is 0.340 e. The highest BCUT2D eigenvalue weighted by Gasteiger charge is 2.42. The van der Waals surface area contributed by atoms with Gasteiger partial charge in [-0.05, 0) is 73.1 Å². The highest BCUT2D eigenvalue weighted by molar-refractivity contribution is 6.30. The van der Waals surface area contributed by atoms with Gasteiger partial charge >= 0.3 is 5.97 Å². The fourth-order valence-electron chi connectivity index (χ4n) is 5.20. The molecule has 0 unspecified atom stereocenters. The van der Waals surface area contributed by atoms with Gasteiger partial charge in [0.1, 0.15) is 12.4 Å². The maximum absolute atomic E-state index is 12.9. The third kappa shape index (κ3) is 6.57. The van der Waals surface area contributed by atoms with Crippen molar-refractivity contribution in [2.75, 3.05) is 31.6 Å². The van der Waals surface area contributed by atoms with Crippen LogP contribution in [-0.4, -0.2) is 53.7 Å². The summed E-state index contributed by atoms with van der Waals surface area (Å²) in [6.45, 7) is 2.50. The third-order valence-electron chi connectivity index (χ3n) is 7.56. The molecule has 0 aliphatic carbocycles. The molecule has 0 saturated heterocycles. The Labute approximate surface area is 224 Å². The molecule has 1 amide bonds. The molecule has 2 N–H and O–H groups in total. The van der Waals surface area contributed by atoms with Crippen molar-refractivity contribution in [1.82, 2.24) is 4.90 Å². The summed E-state index contributed by atoms with van der Waals surface area (Å²) in [6.07, 6.45) is 7.33. The summed E-state index contributed by atoms with van der Waals surface area (Å²) in [4.78, 5) is 29.0. The van der Waals surface area contributed by atoms with Crippen LogP contribution in [0.4, 0.5) is 5.69 Å². The molecule has 200 valence electrons. The van der Waals surface area contributed by atoms with Gasteiger partial charge in [-0.15, -0.1) is 0 Å². The summed E-state index contributed by atoms with van der Waals surface area (Å²) in [5.74, 6) is -1.19. The van der Waals surface area contributed by atoms with Crippen molar-refractivity contribution in [1.29, 1.82) is 0 Å². The summed E-state index contributed by atoms with van der Waals surface area (Å²) in [6, 6.07) is 10.9. The number of hydrogen-bond donors (Lipinski definition) is 2. The molecular weight excluding hydrogens is 492 g/mol. The van der Waals surface area contributed by atoms with Gasteiger partial charge in [-0.1, -0.05) is 43.0 Å². The highest BCUT2D eigenvalue weighted by atomic mass is 35.5. The number of halogens is 1. The van der Waals surface area contributed by atoms with Gasteiger partial charge in [-0.2, -0.15) is 0 Å². The lowest BCUT2D eigenvalue weighted by atomic mass is 9.89. The average molecular weight is 529 g/mol. The molecule has 2 aromatic carbocycles. The molecule has 2 aromatic rings. The van der Waals surface area contributed by atoms with E-state index < -0.39 is 18.0 Å². The molecule has 37 heavy (non-hydrogen) atoms. The summed E-state index contributed by atoms with van der Waals surface area (Å²) < 4.78 is 6.31. The molecule has 0 radical (unpaired) electrons. The van der Waals surface area contributed by atoms with E-state index in [0.29, 0.717) is 23.9 Å². The van der Waals surface area contributed by atoms with Crippen LogP contribution in [0, 0.1) is 0 Å². The smallest absolute Gasteiger partial charge is 0.340 e. The lowest BCUT2D eigenvalue weighted by Crippen LogP contribution is -2.42. The van der Waals surface area contributed by atoms with Crippen LogP contribution in [0.15, 0.2) is 36.4 Å². The fraction of sp³-hybridized carbons (Fsp3) is 0.517. The zero-order valence-corrected chi connectivity index (χ0v) is 22.3. The quantitative estimate of drug-likeness (QED) is 0.532. The molecule has 4 rings (SSSR count). The van der Waals surface area contributed by atoms with E-state index in [9.17, 15) is 19.8 Å². The van der Waals surface area contributed by atoms with Crippen LogP contribution in [0.5, 0.6) is 5.75 Å². The zero-order chi connectivity index (χ0) is 26.4. The number of fused-ring (bicyclic) bond motifs is 2. The molecule has 7 nitrogen and oxygen atoms in total. The molecule has 2 aliphatic rings. The van der Waals surface area contributed by atoms with Gasteiger partial charge in [0.15, 0.2) is 5.60 Å². The number of carboxylic acids is 1. The summed E-state index contributed by atoms with van der Waals surface area (Å²) in [5, 5.41) is 22.1. The first-order chi connectivity index (χ1) is 17.8. The van der Waals surface area contributed by atoms with Crippen LogP contribution in [-0.2, 0) is 28.2 Å². The van der Waals surface area contributed by atoms with Gasteiger partial charge in [-0.25, -0.2) is 4.79 Å². The highest BCUT2D eigenvalue weighted by Crippen LogP contribution is 2.37. The van der Waals surface area contributed by atoms with Crippen LogP contribution in [0.25, 0.3) is 0 Å². The Kier molecular flexibility index (Phi) is 8.98. The molecule has 0 fully saturated rings. The first kappa shape index (κ1) is 27.3. The Morgan fingerprint density at radius 3 is 2.41 bits per heavy atom. The Hall–Kier alpha value is -2.77. The van der Waals surface area contributed by atoms with Gasteiger partial charge in [0, 0.05) is 31.7 Å². The van der Waals surface area contributed by atoms with E-state index in [1.54, 1.807) is 25.2 Å². The number of carbonyl (C=O) groups is 2. The summed E-state index contributed by atoms with van der Waals surface area (Å²) in [5.41, 5.74) is 0.858. The predicted molar refractivity (Wildman–Crippen MR) is 144 cm³/mol. The topological polar surface area (TPSA) is 90.3 Å². The van der Waals surface area contributed by atoms with Crippen molar-refractivity contribution < 1.29 is 24.5 Å². The van der Waals surface area contributed by atoms with Crippen LogP contribution < -0.4 is 9.64 Å². The Bertz CT molecular complexity index is 1120. The molecule has 0 spiro atoms. The largest absolute Gasteiger partial charge is 0.487 e. The Morgan fingerprint density at radius 1 is 0.946 bits per heavy atom. The van der Waals surface area contributed by atoms with Crippen molar-refractivity contribution in [3.05, 3.63) is 58.1 Å². The van der Waals surface area contributed by atoms with Gasteiger partial charge in [0.2, 0.25) is 5.91 Å².